The number of rotatable bonds is 5. The van der Waals surface area contributed by atoms with Crippen molar-refractivity contribution in [3.05, 3.63) is 34.3 Å². The Labute approximate surface area is 141 Å². The molecule has 1 aromatic rings. The second-order valence-electron chi connectivity index (χ2n) is 6.63. The molecule has 2 atom stereocenters. The van der Waals surface area contributed by atoms with Gasteiger partial charge in [0.2, 0.25) is 5.91 Å². The lowest BCUT2D eigenvalue weighted by Crippen LogP contribution is -2.75. The lowest BCUT2D eigenvalue weighted by Gasteiger charge is -2.58. The smallest absolute Gasteiger partial charge is 0.243 e. The summed E-state index contributed by atoms with van der Waals surface area (Å²) in [7, 11) is 1.81. The summed E-state index contributed by atoms with van der Waals surface area (Å²) in [6.45, 7) is 7.20. The van der Waals surface area contributed by atoms with E-state index in [4.69, 9.17) is 10.5 Å². The molecule has 122 valence electrons. The van der Waals surface area contributed by atoms with E-state index >= 15 is 0 Å². The number of hydrogen-bond donors (Lipinski definition) is 1. The minimum absolute atomic E-state index is 0.0172. The van der Waals surface area contributed by atoms with Gasteiger partial charge in [0.25, 0.3) is 0 Å². The molecule has 1 amide bonds. The van der Waals surface area contributed by atoms with E-state index in [9.17, 15) is 4.79 Å². The molecule has 2 N–H and O–H groups in total. The van der Waals surface area contributed by atoms with Crippen molar-refractivity contribution in [1.82, 2.24) is 4.90 Å². The molecule has 4 nitrogen and oxygen atoms in total. The fraction of sp³-hybridized carbons (Fsp3) is 0.588. The molecule has 0 heterocycles. The molecule has 1 aromatic carbocycles. The van der Waals surface area contributed by atoms with E-state index in [1.54, 1.807) is 4.90 Å². The summed E-state index contributed by atoms with van der Waals surface area (Å²) in [6.07, 6.45) is 0.629. The highest BCUT2D eigenvalue weighted by atomic mass is 79.9. The van der Waals surface area contributed by atoms with Gasteiger partial charge in [0.1, 0.15) is 5.54 Å². The number of amides is 1. The Balaban J connectivity index is 2.06. The minimum atomic E-state index is -0.850. The molecule has 1 aliphatic carbocycles. The lowest BCUT2D eigenvalue weighted by molar-refractivity contribution is -0.178. The van der Waals surface area contributed by atoms with Crippen LogP contribution in [0.4, 0.5) is 0 Å². The summed E-state index contributed by atoms with van der Waals surface area (Å²) in [5, 5.41) is 0. The van der Waals surface area contributed by atoms with Crippen LogP contribution in [0.25, 0.3) is 0 Å². The van der Waals surface area contributed by atoms with Crippen molar-refractivity contribution in [2.24, 2.45) is 11.1 Å². The second kappa shape index (κ2) is 6.30. The number of benzene rings is 1. The summed E-state index contributed by atoms with van der Waals surface area (Å²) in [5.41, 5.74) is 6.33. The normalized spacial score (nSPS) is 26.4. The van der Waals surface area contributed by atoms with Crippen LogP contribution >= 0.6 is 15.9 Å². The zero-order chi connectivity index (χ0) is 16.5. The number of nitrogens with two attached hydrogens (primary N) is 1. The highest BCUT2D eigenvalue weighted by Gasteiger charge is 2.63. The summed E-state index contributed by atoms with van der Waals surface area (Å²) in [4.78, 5) is 14.5. The van der Waals surface area contributed by atoms with E-state index in [2.05, 4.69) is 15.9 Å². The Kier molecular flexibility index (Phi) is 5.00. The van der Waals surface area contributed by atoms with Crippen molar-refractivity contribution in [2.45, 2.75) is 45.4 Å². The predicted octanol–water partition coefficient (Wildman–Crippen LogP) is 2.94. The van der Waals surface area contributed by atoms with Crippen LogP contribution in [0.1, 0.15) is 32.8 Å². The van der Waals surface area contributed by atoms with E-state index in [0.29, 0.717) is 19.6 Å². The largest absolute Gasteiger partial charge is 0.378 e. The Morgan fingerprint density at radius 3 is 2.50 bits per heavy atom. The van der Waals surface area contributed by atoms with E-state index in [-0.39, 0.29) is 17.4 Å². The minimum Gasteiger partial charge on any atom is -0.378 e. The standard InChI is InChI=1S/C17H25BrN2O2/c1-5-22-14-10-17(19,16(14,2)3)15(21)20(4)11-12-6-8-13(18)9-7-12/h6-9,14H,5,10-11,19H2,1-4H3. The van der Waals surface area contributed by atoms with E-state index in [1.165, 1.54) is 0 Å². The number of carbonyl (C=O) groups is 1. The lowest BCUT2D eigenvalue weighted by atomic mass is 9.54. The molecule has 2 unspecified atom stereocenters. The van der Waals surface area contributed by atoms with Gasteiger partial charge in [-0.05, 0) is 24.6 Å². The van der Waals surface area contributed by atoms with Gasteiger partial charge in [-0.2, -0.15) is 0 Å². The number of carbonyl (C=O) groups excluding carboxylic acids is 1. The average molecular weight is 369 g/mol. The summed E-state index contributed by atoms with van der Waals surface area (Å²) < 4.78 is 6.72. The molecule has 0 saturated heterocycles. The number of likely N-dealkylation sites (N-methyl/N-ethyl adjacent to an activating group) is 1. The third kappa shape index (κ3) is 2.94. The monoisotopic (exact) mass is 368 g/mol. The zero-order valence-corrected chi connectivity index (χ0v) is 15.3. The molecule has 22 heavy (non-hydrogen) atoms. The molecule has 2 rings (SSSR count). The van der Waals surface area contributed by atoms with Crippen LogP contribution in [0, 0.1) is 5.41 Å². The second-order valence-corrected chi connectivity index (χ2v) is 7.54. The molecule has 0 aromatic heterocycles. The molecular formula is C17H25BrN2O2. The van der Waals surface area contributed by atoms with Gasteiger partial charge in [0.05, 0.1) is 6.10 Å². The maximum Gasteiger partial charge on any atom is 0.243 e. The van der Waals surface area contributed by atoms with Crippen molar-refractivity contribution in [2.75, 3.05) is 13.7 Å². The van der Waals surface area contributed by atoms with Gasteiger partial charge < -0.3 is 15.4 Å². The van der Waals surface area contributed by atoms with Crippen LogP contribution in [0.15, 0.2) is 28.7 Å². The van der Waals surface area contributed by atoms with Crippen LogP contribution in [0.3, 0.4) is 0 Å². The maximum atomic E-state index is 12.8. The molecule has 1 aliphatic rings. The highest BCUT2D eigenvalue weighted by molar-refractivity contribution is 9.10. The van der Waals surface area contributed by atoms with Crippen LogP contribution in [0.2, 0.25) is 0 Å². The Morgan fingerprint density at radius 1 is 1.41 bits per heavy atom. The Morgan fingerprint density at radius 2 is 2.00 bits per heavy atom. The van der Waals surface area contributed by atoms with Crippen molar-refractivity contribution < 1.29 is 9.53 Å². The molecule has 0 spiro atoms. The van der Waals surface area contributed by atoms with E-state index < -0.39 is 5.54 Å². The zero-order valence-electron chi connectivity index (χ0n) is 13.7. The van der Waals surface area contributed by atoms with Gasteiger partial charge in [-0.1, -0.05) is 41.9 Å². The quantitative estimate of drug-likeness (QED) is 0.868. The first-order valence-corrected chi connectivity index (χ1v) is 8.42. The molecule has 0 bridgehead atoms. The Hall–Kier alpha value is -0.910. The van der Waals surface area contributed by atoms with Gasteiger partial charge in [-0.15, -0.1) is 0 Å². The topological polar surface area (TPSA) is 55.6 Å². The first-order valence-electron chi connectivity index (χ1n) is 7.63. The van der Waals surface area contributed by atoms with Crippen molar-refractivity contribution in [1.29, 1.82) is 0 Å². The summed E-state index contributed by atoms with van der Waals surface area (Å²) in [5.74, 6) is -0.0172. The highest BCUT2D eigenvalue weighted by Crippen LogP contribution is 2.50. The number of nitrogens with zero attached hydrogens (tertiary/aromatic N) is 1. The van der Waals surface area contributed by atoms with Crippen LogP contribution < -0.4 is 5.73 Å². The van der Waals surface area contributed by atoms with Gasteiger partial charge in [0, 0.05) is 36.5 Å². The van der Waals surface area contributed by atoms with E-state index in [1.807, 2.05) is 52.1 Å². The van der Waals surface area contributed by atoms with Gasteiger partial charge in [-0.3, -0.25) is 4.79 Å². The molecule has 0 radical (unpaired) electrons. The van der Waals surface area contributed by atoms with Crippen LogP contribution in [0.5, 0.6) is 0 Å². The van der Waals surface area contributed by atoms with Gasteiger partial charge in [0.15, 0.2) is 0 Å². The molecular weight excluding hydrogens is 344 g/mol. The van der Waals surface area contributed by atoms with Gasteiger partial charge in [-0.25, -0.2) is 0 Å². The SMILES string of the molecule is CCOC1CC(N)(C(=O)N(C)Cc2ccc(Br)cc2)C1(C)C. The summed E-state index contributed by atoms with van der Waals surface area (Å²) >= 11 is 3.41. The van der Waals surface area contributed by atoms with Gasteiger partial charge >= 0.3 is 0 Å². The first-order chi connectivity index (χ1) is 10.2. The fourth-order valence-electron chi connectivity index (χ4n) is 3.07. The third-order valence-electron chi connectivity index (χ3n) is 4.89. The van der Waals surface area contributed by atoms with Crippen molar-refractivity contribution >= 4 is 21.8 Å². The maximum absolute atomic E-state index is 12.8. The number of hydrogen-bond acceptors (Lipinski definition) is 3. The molecule has 1 saturated carbocycles. The molecule has 0 aliphatic heterocycles. The fourth-order valence-corrected chi connectivity index (χ4v) is 3.34. The average Bonchev–Trinajstić information content (AvgIpc) is 2.48. The number of ether oxygens (including phenoxy) is 1. The molecule has 5 heteroatoms. The van der Waals surface area contributed by atoms with Crippen molar-refractivity contribution in [3.63, 3.8) is 0 Å². The molecule has 1 fully saturated rings. The Bertz CT molecular complexity index is 544. The first kappa shape index (κ1) is 17.4. The predicted molar refractivity (Wildman–Crippen MR) is 91.3 cm³/mol. The third-order valence-corrected chi connectivity index (χ3v) is 5.42. The van der Waals surface area contributed by atoms with Crippen LogP contribution in [-0.4, -0.2) is 36.1 Å². The number of halogens is 1. The van der Waals surface area contributed by atoms with Crippen LogP contribution in [-0.2, 0) is 16.1 Å². The summed E-state index contributed by atoms with van der Waals surface area (Å²) in [6, 6.07) is 7.96. The van der Waals surface area contributed by atoms with E-state index in [0.717, 1.165) is 10.0 Å². The van der Waals surface area contributed by atoms with Crippen molar-refractivity contribution in [3.8, 4) is 0 Å².